The van der Waals surface area contributed by atoms with Crippen LogP contribution in [-0.4, -0.2) is 26.2 Å². The number of para-hydroxylation sites is 1. The Morgan fingerprint density at radius 1 is 1.17 bits per heavy atom. The van der Waals surface area contributed by atoms with Gasteiger partial charge in [0.1, 0.15) is 0 Å². The van der Waals surface area contributed by atoms with Gasteiger partial charge < -0.3 is 5.32 Å². The summed E-state index contributed by atoms with van der Waals surface area (Å²) in [6.07, 6.45) is 0.810. The van der Waals surface area contributed by atoms with Crippen molar-refractivity contribution in [3.05, 3.63) is 58.4 Å². The summed E-state index contributed by atoms with van der Waals surface area (Å²) < 4.78 is 2.70. The number of anilines is 1. The Morgan fingerprint density at radius 2 is 2.00 bits per heavy atom. The number of aryl methyl sites for hydroxylation is 1. The van der Waals surface area contributed by atoms with E-state index in [1.165, 1.54) is 23.1 Å². The number of hydrogen-bond acceptors (Lipinski definition) is 6. The Kier molecular flexibility index (Phi) is 5.64. The first kappa shape index (κ1) is 19.6. The van der Waals surface area contributed by atoms with Gasteiger partial charge in [0.2, 0.25) is 5.91 Å². The van der Waals surface area contributed by atoms with E-state index in [4.69, 9.17) is 0 Å². The number of amides is 1. The van der Waals surface area contributed by atoms with Crippen molar-refractivity contribution >= 4 is 55.3 Å². The van der Waals surface area contributed by atoms with Crippen LogP contribution in [0.1, 0.15) is 18.9 Å². The van der Waals surface area contributed by atoms with Crippen LogP contribution < -0.4 is 10.9 Å². The van der Waals surface area contributed by atoms with Gasteiger partial charge in [-0.3, -0.25) is 14.2 Å². The zero-order valence-electron chi connectivity index (χ0n) is 16.1. The molecule has 0 unspecified atom stereocenters. The summed E-state index contributed by atoms with van der Waals surface area (Å²) in [5.74, 6) is -0.0140. The number of carbonyl (C=O) groups excluding carboxylic acids is 1. The zero-order valence-corrected chi connectivity index (χ0v) is 17.8. The molecule has 148 valence electrons. The SMILES string of the molecule is CCCn1c(SCC(=O)Nc2nc3ccc(C)cc3s2)nc2ccccc2c1=O. The molecule has 0 atom stereocenters. The molecule has 0 bridgehead atoms. The summed E-state index contributed by atoms with van der Waals surface area (Å²) in [7, 11) is 0. The Labute approximate surface area is 176 Å². The van der Waals surface area contributed by atoms with Crippen molar-refractivity contribution in [2.45, 2.75) is 32.0 Å². The van der Waals surface area contributed by atoms with Crippen molar-refractivity contribution in [3.8, 4) is 0 Å². The molecule has 0 fully saturated rings. The average Bonchev–Trinajstić information content (AvgIpc) is 3.10. The molecule has 4 aromatic rings. The molecule has 29 heavy (non-hydrogen) atoms. The zero-order chi connectivity index (χ0) is 20.4. The fourth-order valence-electron chi connectivity index (χ4n) is 3.05. The highest BCUT2D eigenvalue weighted by Crippen LogP contribution is 2.27. The lowest BCUT2D eigenvalue weighted by molar-refractivity contribution is -0.113. The molecule has 4 rings (SSSR count). The van der Waals surface area contributed by atoms with E-state index in [1.54, 1.807) is 10.6 Å². The van der Waals surface area contributed by atoms with E-state index >= 15 is 0 Å². The van der Waals surface area contributed by atoms with Gasteiger partial charge >= 0.3 is 0 Å². The fourth-order valence-corrected chi connectivity index (χ4v) is 4.85. The molecule has 6 nitrogen and oxygen atoms in total. The number of thioether (sulfide) groups is 1. The van der Waals surface area contributed by atoms with E-state index in [0.717, 1.165) is 22.2 Å². The Bertz CT molecular complexity index is 1260. The van der Waals surface area contributed by atoms with Crippen LogP contribution in [-0.2, 0) is 11.3 Å². The molecule has 0 aliphatic carbocycles. The van der Waals surface area contributed by atoms with E-state index in [0.29, 0.717) is 27.7 Å². The second-order valence-electron chi connectivity index (χ2n) is 6.70. The summed E-state index contributed by atoms with van der Waals surface area (Å²) >= 11 is 2.72. The van der Waals surface area contributed by atoms with Crippen LogP contribution in [0, 0.1) is 6.92 Å². The quantitative estimate of drug-likeness (QED) is 0.365. The van der Waals surface area contributed by atoms with Gasteiger partial charge in [0.25, 0.3) is 5.56 Å². The minimum Gasteiger partial charge on any atom is -0.301 e. The molecule has 0 saturated heterocycles. The van der Waals surface area contributed by atoms with Crippen molar-refractivity contribution in [3.63, 3.8) is 0 Å². The van der Waals surface area contributed by atoms with Gasteiger partial charge in [-0.25, -0.2) is 9.97 Å². The third-order valence-electron chi connectivity index (χ3n) is 4.40. The number of fused-ring (bicyclic) bond motifs is 2. The van der Waals surface area contributed by atoms with Gasteiger partial charge in [-0.1, -0.05) is 48.2 Å². The Balaban J connectivity index is 1.52. The second kappa shape index (κ2) is 8.34. The van der Waals surface area contributed by atoms with Crippen molar-refractivity contribution in [2.75, 3.05) is 11.1 Å². The lowest BCUT2D eigenvalue weighted by atomic mass is 10.2. The van der Waals surface area contributed by atoms with Gasteiger partial charge in [-0.05, 0) is 43.2 Å². The van der Waals surface area contributed by atoms with Crippen LogP contribution in [0.15, 0.2) is 52.4 Å². The van der Waals surface area contributed by atoms with E-state index in [-0.39, 0.29) is 17.2 Å². The number of benzene rings is 2. The molecule has 2 aromatic heterocycles. The monoisotopic (exact) mass is 424 g/mol. The summed E-state index contributed by atoms with van der Waals surface area (Å²) in [4.78, 5) is 34.3. The molecule has 2 aromatic carbocycles. The molecule has 1 N–H and O–H groups in total. The summed E-state index contributed by atoms with van der Waals surface area (Å²) in [6, 6.07) is 13.3. The van der Waals surface area contributed by atoms with Crippen LogP contribution in [0.25, 0.3) is 21.1 Å². The van der Waals surface area contributed by atoms with Crippen LogP contribution >= 0.6 is 23.1 Å². The normalized spacial score (nSPS) is 11.2. The number of rotatable bonds is 6. The molecule has 0 radical (unpaired) electrons. The molecule has 1 amide bonds. The Hall–Kier alpha value is -2.71. The van der Waals surface area contributed by atoms with Gasteiger partial charge in [0.05, 0.1) is 26.9 Å². The van der Waals surface area contributed by atoms with E-state index < -0.39 is 0 Å². The number of carbonyl (C=O) groups is 1. The molecule has 0 aliphatic rings. The molecule has 8 heteroatoms. The maximum absolute atomic E-state index is 12.8. The smallest absolute Gasteiger partial charge is 0.262 e. The van der Waals surface area contributed by atoms with Gasteiger partial charge in [-0.15, -0.1) is 0 Å². The van der Waals surface area contributed by atoms with Crippen molar-refractivity contribution < 1.29 is 4.79 Å². The highest BCUT2D eigenvalue weighted by molar-refractivity contribution is 7.99. The molecular formula is C21H20N4O2S2. The number of thiazole rings is 1. The topological polar surface area (TPSA) is 76.9 Å². The first-order valence-corrected chi connectivity index (χ1v) is 11.1. The lowest BCUT2D eigenvalue weighted by Gasteiger charge is -2.12. The lowest BCUT2D eigenvalue weighted by Crippen LogP contribution is -2.24. The van der Waals surface area contributed by atoms with E-state index in [1.807, 2.05) is 44.2 Å². The van der Waals surface area contributed by atoms with Gasteiger partial charge in [0, 0.05) is 6.54 Å². The summed E-state index contributed by atoms with van der Waals surface area (Å²) in [6.45, 7) is 4.61. The Morgan fingerprint density at radius 3 is 2.83 bits per heavy atom. The highest BCUT2D eigenvalue weighted by atomic mass is 32.2. The number of nitrogens with one attached hydrogen (secondary N) is 1. The van der Waals surface area contributed by atoms with Crippen molar-refractivity contribution in [1.29, 1.82) is 0 Å². The number of aromatic nitrogens is 3. The minimum atomic E-state index is -0.170. The fraction of sp³-hybridized carbons (Fsp3) is 0.238. The predicted octanol–water partition coefficient (Wildman–Crippen LogP) is 4.46. The minimum absolute atomic E-state index is 0.0677. The first-order chi connectivity index (χ1) is 14.0. The summed E-state index contributed by atoms with van der Waals surface area (Å²) in [5, 5.41) is 4.59. The maximum Gasteiger partial charge on any atom is 0.262 e. The molecule has 2 heterocycles. The van der Waals surface area contributed by atoms with E-state index in [2.05, 4.69) is 21.4 Å². The van der Waals surface area contributed by atoms with Gasteiger partial charge in [0.15, 0.2) is 10.3 Å². The number of nitrogens with zero attached hydrogens (tertiary/aromatic N) is 3. The highest BCUT2D eigenvalue weighted by Gasteiger charge is 2.14. The predicted molar refractivity (Wildman–Crippen MR) is 120 cm³/mol. The van der Waals surface area contributed by atoms with E-state index in [9.17, 15) is 9.59 Å². The van der Waals surface area contributed by atoms with Crippen LogP contribution in [0.5, 0.6) is 0 Å². The largest absolute Gasteiger partial charge is 0.301 e. The number of hydrogen-bond donors (Lipinski definition) is 1. The molecule has 0 aliphatic heterocycles. The van der Waals surface area contributed by atoms with Crippen LogP contribution in [0.3, 0.4) is 0 Å². The summed E-state index contributed by atoms with van der Waals surface area (Å²) in [5.41, 5.74) is 2.61. The first-order valence-electron chi connectivity index (χ1n) is 9.34. The second-order valence-corrected chi connectivity index (χ2v) is 8.67. The van der Waals surface area contributed by atoms with Crippen LogP contribution in [0.2, 0.25) is 0 Å². The van der Waals surface area contributed by atoms with Gasteiger partial charge in [-0.2, -0.15) is 0 Å². The average molecular weight is 425 g/mol. The molecule has 0 spiro atoms. The van der Waals surface area contributed by atoms with Crippen molar-refractivity contribution in [2.24, 2.45) is 0 Å². The standard InChI is InChI=1S/C21H20N4O2S2/c1-3-10-25-19(27)14-6-4-5-7-15(14)23-21(25)28-12-18(26)24-20-22-16-9-8-13(2)11-17(16)29-20/h4-9,11H,3,10,12H2,1-2H3,(H,22,24,26). The third-order valence-corrected chi connectivity index (χ3v) is 6.31. The van der Waals surface area contributed by atoms with Crippen LogP contribution in [0.4, 0.5) is 5.13 Å². The van der Waals surface area contributed by atoms with Crippen molar-refractivity contribution in [1.82, 2.24) is 14.5 Å². The maximum atomic E-state index is 12.8. The molecule has 0 saturated carbocycles. The third kappa shape index (κ3) is 4.18. The molecular weight excluding hydrogens is 404 g/mol.